The maximum Gasteiger partial charge on any atom is 0.244 e. The highest BCUT2D eigenvalue weighted by molar-refractivity contribution is 7.89. The topological polar surface area (TPSA) is 81.4 Å². The minimum Gasteiger partial charge on any atom is -0.395 e. The van der Waals surface area contributed by atoms with Crippen LogP contribution in [0.2, 0.25) is 0 Å². The molecule has 0 saturated carbocycles. The smallest absolute Gasteiger partial charge is 0.244 e. The van der Waals surface area contributed by atoms with Crippen LogP contribution in [-0.4, -0.2) is 36.5 Å². The molecule has 0 unspecified atom stereocenters. The number of nitriles is 1. The molecule has 1 fully saturated rings. The van der Waals surface area contributed by atoms with Crippen molar-refractivity contribution in [2.45, 2.75) is 42.2 Å². The number of benzene rings is 2. The molecule has 0 bridgehead atoms. The van der Waals surface area contributed by atoms with Gasteiger partial charge in [-0.05, 0) is 48.1 Å². The SMILES string of the molecule is N#C[C@@H]1[C@H](c2ccc(C3=CCCC3)cc2)[C@H](CO)N1S(=O)(=O)c1ccccc1. The van der Waals surface area contributed by atoms with Crippen molar-refractivity contribution in [2.75, 3.05) is 6.61 Å². The van der Waals surface area contributed by atoms with Crippen molar-refractivity contribution in [3.8, 4) is 6.07 Å². The van der Waals surface area contributed by atoms with E-state index in [4.69, 9.17) is 0 Å². The van der Waals surface area contributed by atoms with Gasteiger partial charge in [-0.1, -0.05) is 48.5 Å². The third-order valence-electron chi connectivity index (χ3n) is 5.70. The Bertz CT molecular complexity index is 1020. The summed E-state index contributed by atoms with van der Waals surface area (Å²) in [6, 6.07) is 16.7. The van der Waals surface area contributed by atoms with Gasteiger partial charge in [0, 0.05) is 5.92 Å². The molecule has 28 heavy (non-hydrogen) atoms. The average Bonchev–Trinajstić information content (AvgIpc) is 3.24. The van der Waals surface area contributed by atoms with E-state index in [1.165, 1.54) is 29.7 Å². The van der Waals surface area contributed by atoms with E-state index >= 15 is 0 Å². The lowest BCUT2D eigenvalue weighted by molar-refractivity contribution is 0.0557. The van der Waals surface area contributed by atoms with Crippen LogP contribution in [0.25, 0.3) is 5.57 Å². The molecular formula is C22H22N2O3S. The largest absolute Gasteiger partial charge is 0.395 e. The highest BCUT2D eigenvalue weighted by Gasteiger charge is 2.55. The van der Waals surface area contributed by atoms with E-state index in [2.05, 4.69) is 12.1 Å². The van der Waals surface area contributed by atoms with Crippen molar-refractivity contribution < 1.29 is 13.5 Å². The predicted molar refractivity (Wildman–Crippen MR) is 107 cm³/mol. The maximum atomic E-state index is 13.0. The van der Waals surface area contributed by atoms with E-state index in [-0.39, 0.29) is 17.4 Å². The minimum atomic E-state index is -3.85. The summed E-state index contributed by atoms with van der Waals surface area (Å²) in [5.74, 6) is -0.347. The third kappa shape index (κ3) is 3.06. The molecular weight excluding hydrogens is 372 g/mol. The number of aliphatic hydroxyl groups is 1. The van der Waals surface area contributed by atoms with Crippen LogP contribution in [0.4, 0.5) is 0 Å². The molecule has 2 aliphatic rings. The zero-order chi connectivity index (χ0) is 19.7. The number of aliphatic hydroxyl groups excluding tert-OH is 1. The van der Waals surface area contributed by atoms with Gasteiger partial charge in [-0.15, -0.1) is 0 Å². The zero-order valence-corrected chi connectivity index (χ0v) is 16.2. The van der Waals surface area contributed by atoms with E-state index in [1.54, 1.807) is 18.2 Å². The van der Waals surface area contributed by atoms with Crippen LogP contribution >= 0.6 is 0 Å². The minimum absolute atomic E-state index is 0.135. The van der Waals surface area contributed by atoms with Crippen LogP contribution in [0, 0.1) is 11.3 Å². The van der Waals surface area contributed by atoms with Gasteiger partial charge >= 0.3 is 0 Å². The van der Waals surface area contributed by atoms with E-state index in [0.717, 1.165) is 22.7 Å². The monoisotopic (exact) mass is 394 g/mol. The summed E-state index contributed by atoms with van der Waals surface area (Å²) in [4.78, 5) is 0.135. The van der Waals surface area contributed by atoms with Gasteiger partial charge in [0.15, 0.2) is 0 Å². The number of nitrogens with zero attached hydrogens (tertiary/aromatic N) is 2. The molecule has 0 amide bonds. The van der Waals surface area contributed by atoms with Crippen LogP contribution < -0.4 is 0 Å². The number of sulfonamides is 1. The summed E-state index contributed by atoms with van der Waals surface area (Å²) in [5, 5.41) is 19.6. The first-order valence-corrected chi connectivity index (χ1v) is 10.9. The quantitative estimate of drug-likeness (QED) is 0.844. The lowest BCUT2D eigenvalue weighted by atomic mass is 9.78. The molecule has 1 heterocycles. The Kier molecular flexibility index (Phi) is 5.07. The summed E-state index contributed by atoms with van der Waals surface area (Å²) in [6.45, 7) is -0.332. The third-order valence-corrected chi connectivity index (χ3v) is 7.62. The van der Waals surface area contributed by atoms with Crippen molar-refractivity contribution in [3.63, 3.8) is 0 Å². The first-order chi connectivity index (χ1) is 13.6. The fourth-order valence-corrected chi connectivity index (χ4v) is 6.04. The lowest BCUT2D eigenvalue weighted by Gasteiger charge is -2.50. The number of hydrogen-bond acceptors (Lipinski definition) is 4. The second-order valence-corrected chi connectivity index (χ2v) is 9.08. The Morgan fingerprint density at radius 2 is 1.82 bits per heavy atom. The van der Waals surface area contributed by atoms with Gasteiger partial charge in [-0.25, -0.2) is 8.42 Å². The average molecular weight is 394 g/mol. The molecule has 1 aliphatic heterocycles. The van der Waals surface area contributed by atoms with Gasteiger partial charge in [-0.2, -0.15) is 9.57 Å². The van der Waals surface area contributed by atoms with E-state index in [1.807, 2.05) is 24.3 Å². The molecule has 6 heteroatoms. The molecule has 2 aromatic rings. The molecule has 1 aliphatic carbocycles. The Hall–Kier alpha value is -2.46. The van der Waals surface area contributed by atoms with Crippen LogP contribution in [0.3, 0.4) is 0 Å². The van der Waals surface area contributed by atoms with E-state index < -0.39 is 22.1 Å². The summed E-state index contributed by atoms with van der Waals surface area (Å²) in [7, 11) is -3.85. The number of allylic oxidation sites excluding steroid dienone is 2. The lowest BCUT2D eigenvalue weighted by Crippen LogP contribution is -2.64. The summed E-state index contributed by atoms with van der Waals surface area (Å²) < 4.78 is 27.2. The molecule has 3 atom stereocenters. The van der Waals surface area contributed by atoms with Crippen LogP contribution in [0.5, 0.6) is 0 Å². The van der Waals surface area contributed by atoms with Gasteiger partial charge in [0.2, 0.25) is 10.0 Å². The van der Waals surface area contributed by atoms with Gasteiger partial charge in [0.05, 0.1) is 23.6 Å². The van der Waals surface area contributed by atoms with Gasteiger partial charge in [-0.3, -0.25) is 0 Å². The molecule has 1 N–H and O–H groups in total. The van der Waals surface area contributed by atoms with Crippen LogP contribution in [0.1, 0.15) is 36.3 Å². The second-order valence-electron chi connectivity index (χ2n) is 7.24. The van der Waals surface area contributed by atoms with Crippen molar-refractivity contribution >= 4 is 15.6 Å². The maximum absolute atomic E-state index is 13.0. The predicted octanol–water partition coefficient (Wildman–Crippen LogP) is 3.30. The zero-order valence-electron chi connectivity index (χ0n) is 15.4. The van der Waals surface area contributed by atoms with Crippen molar-refractivity contribution in [1.29, 1.82) is 5.26 Å². The molecule has 4 rings (SSSR count). The highest BCUT2D eigenvalue weighted by atomic mass is 32.2. The van der Waals surface area contributed by atoms with E-state index in [0.29, 0.717) is 0 Å². The molecule has 1 saturated heterocycles. The van der Waals surface area contributed by atoms with E-state index in [9.17, 15) is 18.8 Å². The molecule has 0 aromatic heterocycles. The van der Waals surface area contributed by atoms with Gasteiger partial charge in [0.25, 0.3) is 0 Å². The molecule has 5 nitrogen and oxygen atoms in total. The fourth-order valence-electron chi connectivity index (χ4n) is 4.26. The number of rotatable bonds is 5. The summed E-state index contributed by atoms with van der Waals surface area (Å²) in [5.41, 5.74) is 3.39. The Morgan fingerprint density at radius 1 is 1.11 bits per heavy atom. The highest BCUT2D eigenvalue weighted by Crippen LogP contribution is 2.44. The normalized spacial score (nSPS) is 25.0. The Morgan fingerprint density at radius 3 is 2.39 bits per heavy atom. The van der Waals surface area contributed by atoms with Crippen LogP contribution in [-0.2, 0) is 10.0 Å². The first kappa shape index (κ1) is 18.9. The first-order valence-electron chi connectivity index (χ1n) is 9.46. The molecule has 144 valence electrons. The van der Waals surface area contributed by atoms with Crippen molar-refractivity contribution in [1.82, 2.24) is 4.31 Å². The van der Waals surface area contributed by atoms with Crippen molar-refractivity contribution in [3.05, 3.63) is 71.8 Å². The Labute approximate surface area is 165 Å². The Balaban J connectivity index is 1.63. The van der Waals surface area contributed by atoms with Crippen molar-refractivity contribution in [2.24, 2.45) is 0 Å². The van der Waals surface area contributed by atoms with Gasteiger partial charge in [0.1, 0.15) is 6.04 Å². The fraction of sp³-hybridized carbons (Fsp3) is 0.318. The van der Waals surface area contributed by atoms with Gasteiger partial charge < -0.3 is 5.11 Å². The standard InChI is InChI=1S/C22H22N2O3S/c23-14-20-22(18-12-10-17(11-13-18)16-6-4-5-7-16)21(15-25)24(20)28(26,27)19-8-2-1-3-9-19/h1-3,6,8-13,20-22,25H,4-5,7,15H2/t20-,21+,22+/m1/s1. The van der Waals surface area contributed by atoms with Crippen LogP contribution in [0.15, 0.2) is 65.6 Å². The second kappa shape index (κ2) is 7.51. The molecule has 0 spiro atoms. The summed E-state index contributed by atoms with van der Waals surface area (Å²) >= 11 is 0. The molecule has 2 aromatic carbocycles. The molecule has 0 radical (unpaired) electrons. The summed E-state index contributed by atoms with van der Waals surface area (Å²) in [6.07, 6.45) is 5.61. The number of hydrogen-bond donors (Lipinski definition) is 1.